The van der Waals surface area contributed by atoms with E-state index in [2.05, 4.69) is 43.1 Å². The fourth-order valence-electron chi connectivity index (χ4n) is 1.65. The number of hydrogen-bond donors (Lipinski definition) is 1. The zero-order chi connectivity index (χ0) is 13.0. The van der Waals surface area contributed by atoms with Gasteiger partial charge in [0.15, 0.2) is 0 Å². The number of anilines is 1. The average Bonchev–Trinajstić information content (AvgIpc) is 2.39. The molecule has 2 heterocycles. The highest BCUT2D eigenvalue weighted by molar-refractivity contribution is 9.10. The molecule has 0 aliphatic rings. The molecule has 0 spiro atoms. The third-order valence-corrected chi connectivity index (χ3v) is 3.03. The van der Waals surface area contributed by atoms with Crippen LogP contribution in [0.3, 0.4) is 0 Å². The summed E-state index contributed by atoms with van der Waals surface area (Å²) >= 11 is 3.40. The van der Waals surface area contributed by atoms with Gasteiger partial charge in [-0.05, 0) is 40.5 Å². The van der Waals surface area contributed by atoms with E-state index in [4.69, 9.17) is 0 Å². The van der Waals surface area contributed by atoms with Crippen molar-refractivity contribution in [3.63, 3.8) is 0 Å². The molecule has 0 aromatic carbocycles. The van der Waals surface area contributed by atoms with Gasteiger partial charge >= 0.3 is 0 Å². The topological polar surface area (TPSA) is 50.7 Å². The predicted octanol–water partition coefficient (Wildman–Crippen LogP) is 3.37. The number of halogens is 1. The van der Waals surface area contributed by atoms with Crippen LogP contribution < -0.4 is 5.32 Å². The number of aryl methyl sites for hydroxylation is 1. The first kappa shape index (κ1) is 13.0. The molecule has 0 bridgehead atoms. The lowest BCUT2D eigenvalue weighted by Crippen LogP contribution is -2.09. The Morgan fingerprint density at radius 3 is 2.67 bits per heavy atom. The Labute approximate surface area is 115 Å². The SMILES string of the molecule is CCc1nc(Br)cc(NC(C)c2ccncc2)n1. The van der Waals surface area contributed by atoms with Gasteiger partial charge < -0.3 is 5.32 Å². The molecule has 0 fully saturated rings. The number of hydrogen-bond acceptors (Lipinski definition) is 4. The molecule has 0 saturated heterocycles. The van der Waals surface area contributed by atoms with Crippen LogP contribution >= 0.6 is 15.9 Å². The average molecular weight is 307 g/mol. The molecule has 1 atom stereocenters. The molecule has 0 radical (unpaired) electrons. The van der Waals surface area contributed by atoms with Crippen molar-refractivity contribution >= 4 is 21.7 Å². The fourth-order valence-corrected chi connectivity index (χ4v) is 2.08. The lowest BCUT2D eigenvalue weighted by Gasteiger charge is -2.15. The molecule has 1 unspecified atom stereocenters. The minimum absolute atomic E-state index is 0.180. The van der Waals surface area contributed by atoms with E-state index in [1.54, 1.807) is 12.4 Å². The summed E-state index contributed by atoms with van der Waals surface area (Å²) in [7, 11) is 0. The smallest absolute Gasteiger partial charge is 0.131 e. The maximum atomic E-state index is 4.45. The van der Waals surface area contributed by atoms with Gasteiger partial charge in [-0.25, -0.2) is 9.97 Å². The molecular weight excluding hydrogens is 292 g/mol. The second-order valence-electron chi connectivity index (χ2n) is 3.99. The number of aromatic nitrogens is 3. The van der Waals surface area contributed by atoms with E-state index in [9.17, 15) is 0 Å². The highest BCUT2D eigenvalue weighted by Crippen LogP contribution is 2.19. The third-order valence-electron chi connectivity index (χ3n) is 2.63. The first-order valence-electron chi connectivity index (χ1n) is 5.89. The van der Waals surface area contributed by atoms with E-state index in [0.717, 1.165) is 22.7 Å². The molecule has 2 aromatic rings. The molecule has 0 saturated carbocycles. The Hall–Kier alpha value is -1.49. The standard InChI is InChI=1S/C13H15BrN4/c1-3-12-17-11(14)8-13(18-12)16-9(2)10-4-6-15-7-5-10/h4-9H,3H2,1-2H3,(H,16,17,18). The summed E-state index contributed by atoms with van der Waals surface area (Å²) in [6, 6.07) is 6.06. The Morgan fingerprint density at radius 2 is 2.00 bits per heavy atom. The van der Waals surface area contributed by atoms with Gasteiger partial charge in [0.2, 0.25) is 0 Å². The quantitative estimate of drug-likeness (QED) is 0.880. The van der Waals surface area contributed by atoms with Crippen LogP contribution in [0.4, 0.5) is 5.82 Å². The molecule has 2 aromatic heterocycles. The maximum Gasteiger partial charge on any atom is 0.131 e. The van der Waals surface area contributed by atoms with Crippen LogP contribution in [0.15, 0.2) is 35.2 Å². The van der Waals surface area contributed by atoms with E-state index in [1.165, 1.54) is 5.56 Å². The van der Waals surface area contributed by atoms with Gasteiger partial charge in [-0.2, -0.15) is 0 Å². The van der Waals surface area contributed by atoms with Crippen LogP contribution in [0.25, 0.3) is 0 Å². The second kappa shape index (κ2) is 5.91. The van der Waals surface area contributed by atoms with Crippen molar-refractivity contribution in [2.24, 2.45) is 0 Å². The minimum Gasteiger partial charge on any atom is -0.363 e. The Kier molecular flexibility index (Phi) is 4.25. The Balaban J connectivity index is 2.16. The van der Waals surface area contributed by atoms with Gasteiger partial charge in [0, 0.05) is 24.9 Å². The molecule has 94 valence electrons. The molecule has 0 aliphatic carbocycles. The summed E-state index contributed by atoms with van der Waals surface area (Å²) in [5, 5.41) is 3.36. The number of nitrogens with zero attached hydrogens (tertiary/aromatic N) is 3. The van der Waals surface area contributed by atoms with Crippen molar-refractivity contribution in [2.45, 2.75) is 26.3 Å². The highest BCUT2D eigenvalue weighted by Gasteiger charge is 2.07. The Morgan fingerprint density at radius 1 is 1.28 bits per heavy atom. The number of pyridine rings is 1. The van der Waals surface area contributed by atoms with Crippen molar-refractivity contribution in [2.75, 3.05) is 5.32 Å². The zero-order valence-electron chi connectivity index (χ0n) is 10.4. The molecule has 18 heavy (non-hydrogen) atoms. The van der Waals surface area contributed by atoms with Crippen LogP contribution in [0, 0.1) is 0 Å². The molecule has 4 nitrogen and oxygen atoms in total. The van der Waals surface area contributed by atoms with E-state index in [1.807, 2.05) is 25.1 Å². The summed E-state index contributed by atoms with van der Waals surface area (Å²) in [5.74, 6) is 1.66. The van der Waals surface area contributed by atoms with Crippen LogP contribution in [-0.4, -0.2) is 15.0 Å². The van der Waals surface area contributed by atoms with Gasteiger partial charge in [0.05, 0.1) is 6.04 Å². The molecule has 1 N–H and O–H groups in total. The minimum atomic E-state index is 0.180. The number of rotatable bonds is 4. The van der Waals surface area contributed by atoms with E-state index < -0.39 is 0 Å². The maximum absolute atomic E-state index is 4.45. The summed E-state index contributed by atoms with van der Waals surface area (Å²) in [5.41, 5.74) is 1.18. The zero-order valence-corrected chi connectivity index (χ0v) is 12.0. The molecule has 5 heteroatoms. The van der Waals surface area contributed by atoms with Gasteiger partial charge in [-0.3, -0.25) is 4.98 Å². The van der Waals surface area contributed by atoms with Crippen molar-refractivity contribution in [3.8, 4) is 0 Å². The van der Waals surface area contributed by atoms with E-state index >= 15 is 0 Å². The molecule has 2 rings (SSSR count). The normalized spacial score (nSPS) is 12.2. The monoisotopic (exact) mass is 306 g/mol. The van der Waals surface area contributed by atoms with E-state index in [0.29, 0.717) is 0 Å². The first-order valence-corrected chi connectivity index (χ1v) is 6.68. The van der Waals surface area contributed by atoms with Crippen molar-refractivity contribution < 1.29 is 0 Å². The highest BCUT2D eigenvalue weighted by atomic mass is 79.9. The predicted molar refractivity (Wildman–Crippen MR) is 75.4 cm³/mol. The lowest BCUT2D eigenvalue weighted by molar-refractivity contribution is 0.851. The van der Waals surface area contributed by atoms with Crippen LogP contribution in [-0.2, 0) is 6.42 Å². The lowest BCUT2D eigenvalue weighted by atomic mass is 10.1. The van der Waals surface area contributed by atoms with Gasteiger partial charge in [-0.1, -0.05) is 6.92 Å². The van der Waals surface area contributed by atoms with E-state index in [-0.39, 0.29) is 6.04 Å². The largest absolute Gasteiger partial charge is 0.363 e. The summed E-state index contributed by atoms with van der Waals surface area (Å²) in [4.78, 5) is 12.8. The fraction of sp³-hybridized carbons (Fsp3) is 0.308. The Bertz CT molecular complexity index is 516. The summed E-state index contributed by atoms with van der Waals surface area (Å²) < 4.78 is 0.804. The van der Waals surface area contributed by atoms with Gasteiger partial charge in [0.1, 0.15) is 16.2 Å². The van der Waals surface area contributed by atoms with Crippen molar-refractivity contribution in [1.29, 1.82) is 0 Å². The van der Waals surface area contributed by atoms with Gasteiger partial charge in [0.25, 0.3) is 0 Å². The molecule has 0 amide bonds. The summed E-state index contributed by atoms with van der Waals surface area (Å²) in [6.07, 6.45) is 4.40. The van der Waals surface area contributed by atoms with Crippen LogP contribution in [0.2, 0.25) is 0 Å². The van der Waals surface area contributed by atoms with Crippen molar-refractivity contribution in [3.05, 3.63) is 46.6 Å². The summed E-state index contributed by atoms with van der Waals surface area (Å²) in [6.45, 7) is 4.13. The first-order chi connectivity index (χ1) is 8.69. The number of nitrogens with one attached hydrogen (secondary N) is 1. The third kappa shape index (κ3) is 3.26. The van der Waals surface area contributed by atoms with Crippen LogP contribution in [0.5, 0.6) is 0 Å². The molecule has 0 aliphatic heterocycles. The van der Waals surface area contributed by atoms with Crippen LogP contribution in [0.1, 0.15) is 31.3 Å². The van der Waals surface area contributed by atoms with Crippen molar-refractivity contribution in [1.82, 2.24) is 15.0 Å². The van der Waals surface area contributed by atoms with Gasteiger partial charge in [-0.15, -0.1) is 0 Å². The molecular formula is C13H15BrN4. The second-order valence-corrected chi connectivity index (χ2v) is 4.80.